The number of hydrogen-bond acceptors (Lipinski definition) is 3. The van der Waals surface area contributed by atoms with Crippen molar-refractivity contribution in [1.82, 2.24) is 9.78 Å². The third-order valence-electron chi connectivity index (χ3n) is 1.89. The summed E-state index contributed by atoms with van der Waals surface area (Å²) in [6, 6.07) is 0. The Morgan fingerprint density at radius 3 is 2.31 bits per heavy atom. The van der Waals surface area contributed by atoms with Crippen molar-refractivity contribution in [3.8, 4) is 0 Å². The second-order valence-electron chi connectivity index (χ2n) is 3.92. The minimum absolute atomic E-state index is 0.115. The van der Waals surface area contributed by atoms with E-state index in [2.05, 4.69) is 5.10 Å². The fraction of sp³-hybridized carbons (Fsp3) is 0.625. The molecule has 0 aliphatic heterocycles. The van der Waals surface area contributed by atoms with Crippen molar-refractivity contribution in [3.63, 3.8) is 0 Å². The van der Waals surface area contributed by atoms with E-state index < -0.39 is 24.5 Å². The summed E-state index contributed by atoms with van der Waals surface area (Å²) < 4.78 is 38.5. The summed E-state index contributed by atoms with van der Waals surface area (Å²) in [7, 11) is -2.17. The molecule has 0 bridgehead atoms. The molecule has 1 aromatic rings. The topological polar surface area (TPSA) is 58.3 Å². The molecule has 0 aliphatic rings. The van der Waals surface area contributed by atoms with Crippen LogP contribution in [0.5, 0.6) is 0 Å². The molecule has 16 heavy (non-hydrogen) atoms. The van der Waals surface area contributed by atoms with Gasteiger partial charge < -0.3 is 10.0 Å². The molecule has 0 saturated heterocycles. The van der Waals surface area contributed by atoms with Gasteiger partial charge in [-0.25, -0.2) is 0 Å². The molecule has 8 heteroatoms. The summed E-state index contributed by atoms with van der Waals surface area (Å²) in [5, 5.41) is 20.9. The van der Waals surface area contributed by atoms with E-state index in [4.69, 9.17) is 10.0 Å². The summed E-state index contributed by atoms with van der Waals surface area (Å²) in [5.74, 6) is 0.115. The lowest BCUT2D eigenvalue weighted by Gasteiger charge is -2.05. The zero-order valence-corrected chi connectivity index (χ0v) is 8.86. The summed E-state index contributed by atoms with van der Waals surface area (Å²) >= 11 is 0. The van der Waals surface area contributed by atoms with Crippen LogP contribution in [0.4, 0.5) is 13.2 Å². The van der Waals surface area contributed by atoms with Crippen molar-refractivity contribution >= 4 is 12.6 Å². The van der Waals surface area contributed by atoms with Crippen LogP contribution >= 0.6 is 0 Å². The standard InChI is InChI=1S/C8H12BF3N2O2/c1-5(2)3-14-4-6(9(15)16)7(13-14)8(10,11)12/h4-5,15-16H,3H2,1-2H3. The number of halogens is 3. The lowest BCUT2D eigenvalue weighted by atomic mass is 9.80. The van der Waals surface area contributed by atoms with Gasteiger partial charge in [0, 0.05) is 18.2 Å². The van der Waals surface area contributed by atoms with Gasteiger partial charge in [-0.15, -0.1) is 0 Å². The third kappa shape index (κ3) is 2.99. The smallest absolute Gasteiger partial charge is 0.423 e. The summed E-state index contributed by atoms with van der Waals surface area (Å²) in [5.41, 5.74) is -1.86. The predicted octanol–water partition coefficient (Wildman–Crippen LogP) is 0.238. The van der Waals surface area contributed by atoms with E-state index in [9.17, 15) is 13.2 Å². The molecule has 0 amide bonds. The van der Waals surface area contributed by atoms with Gasteiger partial charge in [0.2, 0.25) is 0 Å². The van der Waals surface area contributed by atoms with Crippen LogP contribution in [-0.4, -0.2) is 26.9 Å². The molecule has 0 fully saturated rings. The maximum Gasteiger partial charge on any atom is 0.492 e. The Kier molecular flexibility index (Phi) is 3.64. The molecule has 0 saturated carbocycles. The van der Waals surface area contributed by atoms with Crippen LogP contribution in [0.1, 0.15) is 19.5 Å². The maximum absolute atomic E-state index is 12.5. The highest BCUT2D eigenvalue weighted by atomic mass is 19.4. The Morgan fingerprint density at radius 1 is 1.44 bits per heavy atom. The molecular weight excluding hydrogens is 224 g/mol. The maximum atomic E-state index is 12.5. The van der Waals surface area contributed by atoms with Crippen molar-refractivity contribution < 1.29 is 23.2 Å². The average Bonchev–Trinajstić information content (AvgIpc) is 2.45. The quantitative estimate of drug-likeness (QED) is 0.739. The van der Waals surface area contributed by atoms with Crippen LogP contribution in [0.2, 0.25) is 0 Å². The second-order valence-corrected chi connectivity index (χ2v) is 3.92. The van der Waals surface area contributed by atoms with Crippen LogP contribution in [0.15, 0.2) is 6.20 Å². The van der Waals surface area contributed by atoms with E-state index in [0.29, 0.717) is 0 Å². The zero-order chi connectivity index (χ0) is 12.5. The van der Waals surface area contributed by atoms with E-state index in [-0.39, 0.29) is 12.5 Å². The largest absolute Gasteiger partial charge is 0.492 e. The van der Waals surface area contributed by atoms with Crippen LogP contribution < -0.4 is 5.46 Å². The van der Waals surface area contributed by atoms with Gasteiger partial charge in [0.1, 0.15) is 0 Å². The fourth-order valence-corrected chi connectivity index (χ4v) is 1.31. The van der Waals surface area contributed by atoms with E-state index >= 15 is 0 Å². The van der Waals surface area contributed by atoms with Crippen molar-refractivity contribution in [1.29, 1.82) is 0 Å². The highest BCUT2D eigenvalue weighted by Gasteiger charge is 2.40. The Hall–Kier alpha value is -1.02. The summed E-state index contributed by atoms with van der Waals surface area (Å²) in [4.78, 5) is 0. The minimum atomic E-state index is -4.68. The van der Waals surface area contributed by atoms with Crippen LogP contribution in [0, 0.1) is 5.92 Å². The second kappa shape index (κ2) is 4.46. The van der Waals surface area contributed by atoms with E-state index in [1.54, 1.807) is 0 Å². The molecular formula is C8H12BF3N2O2. The van der Waals surface area contributed by atoms with Gasteiger partial charge in [0.05, 0.1) is 0 Å². The fourth-order valence-electron chi connectivity index (χ4n) is 1.31. The molecule has 0 radical (unpaired) electrons. The molecule has 1 rings (SSSR count). The summed E-state index contributed by atoms with van der Waals surface area (Å²) in [6.07, 6.45) is -3.67. The SMILES string of the molecule is CC(C)Cn1cc(B(O)O)c(C(F)(F)F)n1. The first-order chi connectivity index (χ1) is 7.21. The molecule has 2 N–H and O–H groups in total. The molecule has 1 aromatic heterocycles. The van der Waals surface area contributed by atoms with E-state index in [0.717, 1.165) is 10.9 Å². The number of alkyl halides is 3. The zero-order valence-electron chi connectivity index (χ0n) is 8.86. The van der Waals surface area contributed by atoms with Gasteiger partial charge in [-0.2, -0.15) is 18.3 Å². The van der Waals surface area contributed by atoms with Gasteiger partial charge >= 0.3 is 13.3 Å². The Morgan fingerprint density at radius 2 is 2.00 bits per heavy atom. The van der Waals surface area contributed by atoms with E-state index in [1.807, 2.05) is 13.8 Å². The average molecular weight is 236 g/mol. The number of nitrogens with zero attached hydrogens (tertiary/aromatic N) is 2. The first-order valence-electron chi connectivity index (χ1n) is 4.72. The Bertz CT molecular complexity index is 363. The van der Waals surface area contributed by atoms with Crippen molar-refractivity contribution in [2.75, 3.05) is 0 Å². The summed E-state index contributed by atoms with van der Waals surface area (Å²) in [6.45, 7) is 3.93. The Balaban J connectivity index is 3.11. The third-order valence-corrected chi connectivity index (χ3v) is 1.89. The monoisotopic (exact) mass is 236 g/mol. The van der Waals surface area contributed by atoms with Gasteiger partial charge in [0.15, 0.2) is 5.69 Å². The predicted molar refractivity (Wildman–Crippen MR) is 51.9 cm³/mol. The number of aromatic nitrogens is 2. The molecule has 0 spiro atoms. The van der Waals surface area contributed by atoms with E-state index in [1.165, 1.54) is 0 Å². The molecule has 0 unspecified atom stereocenters. The number of hydrogen-bond donors (Lipinski definition) is 2. The highest BCUT2D eigenvalue weighted by Crippen LogP contribution is 2.26. The van der Waals surface area contributed by atoms with Crippen molar-refractivity contribution in [2.24, 2.45) is 5.92 Å². The molecule has 1 heterocycles. The normalized spacial score (nSPS) is 12.2. The Labute approximate surface area is 90.8 Å². The highest BCUT2D eigenvalue weighted by molar-refractivity contribution is 6.59. The minimum Gasteiger partial charge on any atom is -0.423 e. The van der Waals surface area contributed by atoms with Gasteiger partial charge in [-0.3, -0.25) is 4.68 Å². The molecule has 0 aliphatic carbocycles. The van der Waals surface area contributed by atoms with Crippen molar-refractivity contribution in [2.45, 2.75) is 26.6 Å². The van der Waals surface area contributed by atoms with Gasteiger partial charge in [-0.1, -0.05) is 13.8 Å². The molecule has 4 nitrogen and oxygen atoms in total. The lowest BCUT2D eigenvalue weighted by molar-refractivity contribution is -0.140. The molecule has 90 valence electrons. The first kappa shape index (κ1) is 13.1. The van der Waals surface area contributed by atoms with Crippen molar-refractivity contribution in [3.05, 3.63) is 11.9 Å². The van der Waals surface area contributed by atoms with Crippen LogP contribution in [0.25, 0.3) is 0 Å². The first-order valence-corrected chi connectivity index (χ1v) is 4.72. The van der Waals surface area contributed by atoms with Gasteiger partial charge in [0.25, 0.3) is 0 Å². The molecule has 0 atom stereocenters. The number of rotatable bonds is 3. The van der Waals surface area contributed by atoms with Crippen LogP contribution in [-0.2, 0) is 12.7 Å². The molecule has 0 aromatic carbocycles. The lowest BCUT2D eigenvalue weighted by Crippen LogP contribution is -2.34. The van der Waals surface area contributed by atoms with Crippen LogP contribution in [0.3, 0.4) is 0 Å². The van der Waals surface area contributed by atoms with Gasteiger partial charge in [-0.05, 0) is 5.92 Å².